The molecule has 1 aliphatic rings. The molecule has 1 rings (SSSR count). The molecule has 0 aromatic carbocycles. The maximum atomic E-state index is 11.3. The van der Waals surface area contributed by atoms with Gasteiger partial charge in [-0.3, -0.25) is 0 Å². The molecule has 2 atom stereocenters. The molecule has 1 aliphatic carbocycles. The van der Waals surface area contributed by atoms with Crippen LogP contribution in [-0.2, 0) is 9.53 Å². The van der Waals surface area contributed by atoms with E-state index in [1.54, 1.807) is 6.08 Å². The molecule has 0 heterocycles. The first-order valence-electron chi connectivity index (χ1n) is 7.85. The van der Waals surface area contributed by atoms with Gasteiger partial charge in [0.1, 0.15) is 0 Å². The molecular weight excluding hydrogens is 248 g/mol. The summed E-state index contributed by atoms with van der Waals surface area (Å²) >= 11 is 0. The van der Waals surface area contributed by atoms with Gasteiger partial charge < -0.3 is 4.74 Å². The van der Waals surface area contributed by atoms with Gasteiger partial charge in [0.25, 0.3) is 0 Å². The zero-order valence-corrected chi connectivity index (χ0v) is 13.7. The summed E-state index contributed by atoms with van der Waals surface area (Å²) in [5, 5.41) is 0. The van der Waals surface area contributed by atoms with Crippen LogP contribution in [0.15, 0.2) is 24.3 Å². The molecule has 2 unspecified atom stereocenters. The second-order valence-electron chi connectivity index (χ2n) is 7.08. The Morgan fingerprint density at radius 3 is 2.50 bits per heavy atom. The third-order valence-corrected chi connectivity index (χ3v) is 4.10. The minimum Gasteiger partial charge on any atom is -0.460 e. The average Bonchev–Trinajstić information content (AvgIpc) is 2.93. The highest BCUT2D eigenvalue weighted by atomic mass is 16.5. The highest BCUT2D eigenvalue weighted by Crippen LogP contribution is 2.54. The second-order valence-corrected chi connectivity index (χ2v) is 7.08. The number of esters is 1. The third-order valence-electron chi connectivity index (χ3n) is 4.10. The summed E-state index contributed by atoms with van der Waals surface area (Å²) in [6, 6.07) is 0. The molecular formula is C18H30O2. The van der Waals surface area contributed by atoms with Crippen LogP contribution in [0.4, 0.5) is 0 Å². The lowest BCUT2D eigenvalue weighted by atomic mass is 9.97. The highest BCUT2D eigenvalue weighted by Gasteiger charge is 2.44. The Labute approximate surface area is 124 Å². The standard InChI is InChI=1S/C18H30O2/c1-14(2)20-17(19)10-8-6-7-9-15(3)11-12-16-13-18(16,4)5/h6-8,10,14-16H,9,11-13H2,1-5H3. The summed E-state index contributed by atoms with van der Waals surface area (Å²) < 4.78 is 5.01. The van der Waals surface area contributed by atoms with E-state index in [0.717, 1.165) is 18.3 Å². The average molecular weight is 278 g/mol. The van der Waals surface area contributed by atoms with Crippen molar-refractivity contribution in [3.8, 4) is 0 Å². The molecule has 0 radical (unpaired) electrons. The van der Waals surface area contributed by atoms with Crippen LogP contribution in [0.5, 0.6) is 0 Å². The quantitative estimate of drug-likeness (QED) is 0.358. The first kappa shape index (κ1) is 17.0. The van der Waals surface area contributed by atoms with Crippen molar-refractivity contribution >= 4 is 5.97 Å². The first-order valence-corrected chi connectivity index (χ1v) is 7.85. The van der Waals surface area contributed by atoms with Gasteiger partial charge in [-0.1, -0.05) is 45.4 Å². The van der Waals surface area contributed by atoms with E-state index in [1.165, 1.54) is 25.3 Å². The molecule has 0 aromatic heterocycles. The smallest absolute Gasteiger partial charge is 0.330 e. The third kappa shape index (κ3) is 6.93. The summed E-state index contributed by atoms with van der Waals surface area (Å²) in [4.78, 5) is 11.3. The van der Waals surface area contributed by atoms with Crippen LogP contribution in [0.25, 0.3) is 0 Å². The number of allylic oxidation sites excluding steroid dienone is 3. The van der Waals surface area contributed by atoms with E-state index in [1.807, 2.05) is 19.9 Å². The second kappa shape index (κ2) is 7.66. The van der Waals surface area contributed by atoms with Gasteiger partial charge in [0.2, 0.25) is 0 Å². The van der Waals surface area contributed by atoms with E-state index >= 15 is 0 Å². The fourth-order valence-electron chi connectivity index (χ4n) is 2.47. The van der Waals surface area contributed by atoms with Gasteiger partial charge in [0.05, 0.1) is 6.10 Å². The topological polar surface area (TPSA) is 26.3 Å². The Kier molecular flexibility index (Phi) is 6.51. The van der Waals surface area contributed by atoms with Crippen LogP contribution in [0.3, 0.4) is 0 Å². The van der Waals surface area contributed by atoms with Crippen LogP contribution in [0.1, 0.15) is 60.3 Å². The van der Waals surface area contributed by atoms with Crippen molar-refractivity contribution in [1.29, 1.82) is 0 Å². The van der Waals surface area contributed by atoms with Crippen molar-refractivity contribution in [2.24, 2.45) is 17.3 Å². The van der Waals surface area contributed by atoms with E-state index < -0.39 is 0 Å². The number of ether oxygens (including phenoxy) is 1. The van der Waals surface area contributed by atoms with Gasteiger partial charge in [-0.05, 0) is 50.4 Å². The molecule has 0 saturated heterocycles. The van der Waals surface area contributed by atoms with Crippen molar-refractivity contribution < 1.29 is 9.53 Å². The Balaban J connectivity index is 2.11. The molecule has 114 valence electrons. The summed E-state index contributed by atoms with van der Waals surface area (Å²) in [7, 11) is 0. The largest absolute Gasteiger partial charge is 0.460 e. The van der Waals surface area contributed by atoms with Gasteiger partial charge in [0, 0.05) is 6.08 Å². The Bertz CT molecular complexity index is 364. The lowest BCUT2D eigenvalue weighted by Crippen LogP contribution is -2.08. The van der Waals surface area contributed by atoms with E-state index in [2.05, 4.69) is 26.8 Å². The zero-order chi connectivity index (χ0) is 15.2. The molecule has 1 saturated carbocycles. The van der Waals surface area contributed by atoms with Gasteiger partial charge in [-0.15, -0.1) is 0 Å². The molecule has 0 aromatic rings. The van der Waals surface area contributed by atoms with E-state index in [4.69, 9.17) is 4.74 Å². The van der Waals surface area contributed by atoms with Crippen LogP contribution < -0.4 is 0 Å². The van der Waals surface area contributed by atoms with Crippen LogP contribution in [0, 0.1) is 17.3 Å². The summed E-state index contributed by atoms with van der Waals surface area (Å²) in [6.45, 7) is 10.7. The number of carbonyl (C=O) groups is 1. The maximum absolute atomic E-state index is 11.3. The molecule has 0 N–H and O–H groups in total. The van der Waals surface area contributed by atoms with Crippen molar-refractivity contribution in [3.63, 3.8) is 0 Å². The molecule has 0 aliphatic heterocycles. The van der Waals surface area contributed by atoms with Crippen molar-refractivity contribution in [1.82, 2.24) is 0 Å². The zero-order valence-electron chi connectivity index (χ0n) is 13.7. The van der Waals surface area contributed by atoms with Gasteiger partial charge >= 0.3 is 5.97 Å². The van der Waals surface area contributed by atoms with Gasteiger partial charge in [-0.25, -0.2) is 4.79 Å². The lowest BCUT2D eigenvalue weighted by molar-refractivity contribution is -0.141. The van der Waals surface area contributed by atoms with Gasteiger partial charge in [0.15, 0.2) is 0 Å². The predicted molar refractivity (Wildman–Crippen MR) is 84.4 cm³/mol. The summed E-state index contributed by atoms with van der Waals surface area (Å²) in [5.74, 6) is 1.40. The van der Waals surface area contributed by atoms with Crippen molar-refractivity contribution in [2.75, 3.05) is 0 Å². The normalized spacial score (nSPS) is 22.6. The van der Waals surface area contributed by atoms with E-state index in [0.29, 0.717) is 5.41 Å². The molecule has 0 amide bonds. The van der Waals surface area contributed by atoms with Gasteiger partial charge in [-0.2, -0.15) is 0 Å². The lowest BCUT2D eigenvalue weighted by Gasteiger charge is -2.09. The van der Waals surface area contributed by atoms with Crippen LogP contribution in [-0.4, -0.2) is 12.1 Å². The fourth-order valence-corrected chi connectivity index (χ4v) is 2.47. The summed E-state index contributed by atoms with van der Waals surface area (Å²) in [5.41, 5.74) is 0.606. The molecule has 2 nitrogen and oxygen atoms in total. The minimum atomic E-state index is -0.270. The van der Waals surface area contributed by atoms with Crippen molar-refractivity contribution in [3.05, 3.63) is 24.3 Å². The molecule has 2 heteroatoms. The van der Waals surface area contributed by atoms with E-state index in [-0.39, 0.29) is 12.1 Å². The highest BCUT2D eigenvalue weighted by molar-refractivity contribution is 5.82. The Morgan fingerprint density at radius 1 is 1.30 bits per heavy atom. The Hall–Kier alpha value is -1.05. The number of hydrogen-bond donors (Lipinski definition) is 0. The maximum Gasteiger partial charge on any atom is 0.330 e. The van der Waals surface area contributed by atoms with E-state index in [9.17, 15) is 4.79 Å². The Morgan fingerprint density at radius 2 is 1.95 bits per heavy atom. The SMILES string of the molecule is CC(CC=CC=CC(=O)OC(C)C)CCC1CC1(C)C. The number of hydrogen-bond acceptors (Lipinski definition) is 2. The molecule has 1 fully saturated rings. The monoisotopic (exact) mass is 278 g/mol. The molecule has 0 bridgehead atoms. The van der Waals surface area contributed by atoms with Crippen molar-refractivity contribution in [2.45, 2.75) is 66.4 Å². The predicted octanol–water partition coefficient (Wildman–Crippen LogP) is 4.90. The summed E-state index contributed by atoms with van der Waals surface area (Å²) in [6.07, 6.45) is 12.4. The van der Waals surface area contributed by atoms with Crippen LogP contribution >= 0.6 is 0 Å². The molecule has 20 heavy (non-hydrogen) atoms. The van der Waals surface area contributed by atoms with Crippen LogP contribution in [0.2, 0.25) is 0 Å². The fraction of sp³-hybridized carbons (Fsp3) is 0.722. The minimum absolute atomic E-state index is 0.0529. The first-order chi connectivity index (χ1) is 9.31. The number of rotatable bonds is 8. The molecule has 0 spiro atoms. The number of carbonyl (C=O) groups excluding carboxylic acids is 1.